The molecule has 0 amide bonds. The molecule has 3 aromatic rings. The molecule has 0 spiro atoms. The number of benzene rings is 1. The van der Waals surface area contributed by atoms with Crippen molar-refractivity contribution in [3.63, 3.8) is 0 Å². The van der Waals surface area contributed by atoms with Gasteiger partial charge in [-0.2, -0.15) is 0 Å². The summed E-state index contributed by atoms with van der Waals surface area (Å²) in [7, 11) is 0. The first-order chi connectivity index (χ1) is 8.65. The summed E-state index contributed by atoms with van der Waals surface area (Å²) in [5.74, 6) is 0. The fourth-order valence-electron chi connectivity index (χ4n) is 1.90. The zero-order chi connectivity index (χ0) is 12.7. The number of fused-ring (bicyclic) bond motifs is 1. The monoisotopic (exact) mass is 294 g/mol. The van der Waals surface area contributed by atoms with Gasteiger partial charge in [0.15, 0.2) is 0 Å². The van der Waals surface area contributed by atoms with E-state index in [4.69, 9.17) is 23.2 Å². The Morgan fingerprint density at radius 3 is 2.78 bits per heavy atom. The van der Waals surface area contributed by atoms with Crippen molar-refractivity contribution < 1.29 is 0 Å². The van der Waals surface area contributed by atoms with Gasteiger partial charge >= 0.3 is 0 Å². The summed E-state index contributed by atoms with van der Waals surface area (Å²) in [4.78, 5) is 9.26. The van der Waals surface area contributed by atoms with Crippen LogP contribution >= 0.6 is 34.5 Å². The number of aromatic nitrogens is 2. The molecule has 2 heterocycles. The van der Waals surface area contributed by atoms with Gasteiger partial charge in [-0.15, -0.1) is 11.3 Å². The molecule has 0 N–H and O–H groups in total. The van der Waals surface area contributed by atoms with E-state index in [0.29, 0.717) is 0 Å². The lowest BCUT2D eigenvalue weighted by atomic mass is 10.1. The minimum Gasteiger partial charge on any atom is -0.226 e. The average molecular weight is 295 g/mol. The third-order valence-electron chi connectivity index (χ3n) is 2.76. The molecule has 0 aliphatic rings. The van der Waals surface area contributed by atoms with Gasteiger partial charge in [0.1, 0.15) is 0 Å². The molecule has 0 aliphatic carbocycles. The van der Waals surface area contributed by atoms with Crippen LogP contribution in [0.1, 0.15) is 5.56 Å². The lowest BCUT2D eigenvalue weighted by molar-refractivity contribution is 1.17. The maximum Gasteiger partial charge on any atom is 0.222 e. The predicted molar refractivity (Wildman–Crippen MR) is 77.6 cm³/mol. The Balaban J connectivity index is 2.27. The summed E-state index contributed by atoms with van der Waals surface area (Å²) in [5.41, 5.74) is 2.03. The summed E-state index contributed by atoms with van der Waals surface area (Å²) < 4.78 is 1.20. The van der Waals surface area contributed by atoms with Crippen molar-refractivity contribution in [2.75, 3.05) is 0 Å². The number of hydrogen-bond acceptors (Lipinski definition) is 3. The quantitative estimate of drug-likeness (QED) is 0.592. The molecule has 18 heavy (non-hydrogen) atoms. The molecule has 0 saturated heterocycles. The van der Waals surface area contributed by atoms with Crippen molar-refractivity contribution in [3.8, 4) is 10.6 Å². The number of aryl methyl sites for hydroxylation is 1. The van der Waals surface area contributed by atoms with Gasteiger partial charge < -0.3 is 0 Å². The smallest absolute Gasteiger partial charge is 0.222 e. The highest BCUT2D eigenvalue weighted by Gasteiger charge is 2.12. The molecule has 5 heteroatoms. The Bertz CT molecular complexity index is 737. The molecule has 2 aromatic heterocycles. The van der Waals surface area contributed by atoms with E-state index in [-0.39, 0.29) is 5.28 Å². The highest BCUT2D eigenvalue weighted by Crippen LogP contribution is 2.38. The van der Waals surface area contributed by atoms with Crippen LogP contribution in [0.25, 0.3) is 20.7 Å². The second-order valence-electron chi connectivity index (χ2n) is 3.91. The van der Waals surface area contributed by atoms with Crippen LogP contribution in [-0.4, -0.2) is 9.97 Å². The molecule has 0 bridgehead atoms. The van der Waals surface area contributed by atoms with Crippen molar-refractivity contribution in [1.82, 2.24) is 9.97 Å². The fourth-order valence-corrected chi connectivity index (χ4v) is 3.38. The maximum atomic E-state index is 6.03. The van der Waals surface area contributed by atoms with Crippen LogP contribution in [-0.2, 0) is 0 Å². The number of thiophene rings is 1. The molecule has 1 aromatic carbocycles. The van der Waals surface area contributed by atoms with Gasteiger partial charge in [-0.1, -0.05) is 11.6 Å². The molecule has 0 radical (unpaired) electrons. The molecule has 90 valence electrons. The molecule has 0 saturated carbocycles. The molecule has 0 atom stereocenters. The van der Waals surface area contributed by atoms with E-state index in [0.717, 1.165) is 21.0 Å². The van der Waals surface area contributed by atoms with Gasteiger partial charge in [0.25, 0.3) is 0 Å². The Kier molecular flexibility index (Phi) is 2.98. The zero-order valence-corrected chi connectivity index (χ0v) is 11.8. The van der Waals surface area contributed by atoms with Crippen LogP contribution in [0.2, 0.25) is 10.3 Å². The van der Waals surface area contributed by atoms with Crippen molar-refractivity contribution >= 4 is 44.6 Å². The Morgan fingerprint density at radius 2 is 2.00 bits per heavy atom. The highest BCUT2D eigenvalue weighted by molar-refractivity contribution is 7.22. The second kappa shape index (κ2) is 4.50. The lowest BCUT2D eigenvalue weighted by Crippen LogP contribution is -1.85. The van der Waals surface area contributed by atoms with Crippen LogP contribution in [0.15, 0.2) is 30.5 Å². The first-order valence-corrected chi connectivity index (χ1v) is 6.90. The van der Waals surface area contributed by atoms with E-state index in [1.165, 1.54) is 10.3 Å². The maximum absolute atomic E-state index is 6.03. The van der Waals surface area contributed by atoms with Crippen molar-refractivity contribution in [1.29, 1.82) is 0 Å². The normalized spacial score (nSPS) is 11.1. The first-order valence-electron chi connectivity index (χ1n) is 5.33. The zero-order valence-electron chi connectivity index (χ0n) is 9.45. The van der Waals surface area contributed by atoms with Gasteiger partial charge in [-0.25, -0.2) is 9.97 Å². The number of halogens is 2. The van der Waals surface area contributed by atoms with Crippen LogP contribution in [0.3, 0.4) is 0 Å². The van der Waals surface area contributed by atoms with Gasteiger partial charge in [-0.3, -0.25) is 0 Å². The van der Waals surface area contributed by atoms with E-state index in [9.17, 15) is 0 Å². The Hall–Kier alpha value is -1.16. The molecule has 0 aliphatic heterocycles. The van der Waals surface area contributed by atoms with Crippen LogP contribution in [0.4, 0.5) is 0 Å². The average Bonchev–Trinajstić information content (AvgIpc) is 2.67. The van der Waals surface area contributed by atoms with E-state index in [1.807, 2.05) is 24.3 Å². The first kappa shape index (κ1) is 11.9. The largest absolute Gasteiger partial charge is 0.226 e. The van der Waals surface area contributed by atoms with E-state index in [1.54, 1.807) is 17.5 Å². The number of nitrogens with zero attached hydrogens (tertiary/aromatic N) is 2. The molecular formula is C13H8Cl2N2S. The Labute approximate surface area is 118 Å². The van der Waals surface area contributed by atoms with Crippen LogP contribution in [0, 0.1) is 6.92 Å². The van der Waals surface area contributed by atoms with Crippen molar-refractivity contribution in [3.05, 3.63) is 46.3 Å². The van der Waals surface area contributed by atoms with Crippen molar-refractivity contribution in [2.24, 2.45) is 0 Å². The number of hydrogen-bond donors (Lipinski definition) is 0. The lowest BCUT2D eigenvalue weighted by Gasteiger charge is -1.98. The third-order valence-corrected chi connectivity index (χ3v) is 4.47. The van der Waals surface area contributed by atoms with E-state index < -0.39 is 0 Å². The molecule has 0 unspecified atom stereocenters. The predicted octanol–water partition coefficient (Wildman–Crippen LogP) is 4.97. The SMILES string of the molecule is Cc1c(-c2ccnc(Cl)n2)sc2ccc(Cl)cc12. The van der Waals surface area contributed by atoms with Gasteiger partial charge in [0, 0.05) is 15.9 Å². The van der Waals surface area contributed by atoms with Gasteiger partial charge in [0.2, 0.25) is 5.28 Å². The minimum absolute atomic E-state index is 0.266. The Morgan fingerprint density at radius 1 is 1.17 bits per heavy atom. The van der Waals surface area contributed by atoms with E-state index in [2.05, 4.69) is 16.9 Å². The molecule has 0 fully saturated rings. The standard InChI is InChI=1S/C13H8Cl2N2S/c1-7-9-6-8(14)2-3-11(9)18-12(7)10-4-5-16-13(15)17-10/h2-6H,1H3. The topological polar surface area (TPSA) is 25.8 Å². The molecule has 2 nitrogen and oxygen atoms in total. The van der Waals surface area contributed by atoms with Crippen LogP contribution in [0.5, 0.6) is 0 Å². The minimum atomic E-state index is 0.266. The van der Waals surface area contributed by atoms with Crippen molar-refractivity contribution in [2.45, 2.75) is 6.92 Å². The molecule has 3 rings (SSSR count). The third kappa shape index (κ3) is 1.99. The summed E-state index contributed by atoms with van der Waals surface area (Å²) in [6.07, 6.45) is 1.67. The fraction of sp³-hybridized carbons (Fsp3) is 0.0769. The van der Waals surface area contributed by atoms with E-state index >= 15 is 0 Å². The van der Waals surface area contributed by atoms with Crippen LogP contribution < -0.4 is 0 Å². The second-order valence-corrected chi connectivity index (χ2v) is 5.73. The summed E-state index contributed by atoms with van der Waals surface area (Å²) in [5, 5.41) is 2.18. The summed E-state index contributed by atoms with van der Waals surface area (Å²) in [6.45, 7) is 2.07. The molecular weight excluding hydrogens is 287 g/mol. The number of rotatable bonds is 1. The van der Waals surface area contributed by atoms with Gasteiger partial charge in [-0.05, 0) is 53.7 Å². The van der Waals surface area contributed by atoms with Gasteiger partial charge in [0.05, 0.1) is 10.6 Å². The summed E-state index contributed by atoms with van der Waals surface area (Å²) in [6, 6.07) is 7.78. The highest BCUT2D eigenvalue weighted by atomic mass is 35.5. The summed E-state index contributed by atoms with van der Waals surface area (Å²) >= 11 is 13.5.